The van der Waals surface area contributed by atoms with Crippen molar-refractivity contribution in [1.29, 1.82) is 0 Å². The lowest BCUT2D eigenvalue weighted by Crippen LogP contribution is -2.40. The van der Waals surface area contributed by atoms with E-state index in [1.165, 1.54) is 19.8 Å². The number of hydrogen-bond acceptors (Lipinski definition) is 8. The summed E-state index contributed by atoms with van der Waals surface area (Å²) in [5.74, 6) is -6.89. The molecular formula is C33H52O10. The van der Waals surface area contributed by atoms with Gasteiger partial charge in [0.05, 0.1) is 5.92 Å². The number of carbonyl (C=O) groups excluding carboxylic acids is 3. The highest BCUT2D eigenvalue weighted by atomic mass is 16.6. The Hall–Kier alpha value is -3.17. The molecule has 1 aliphatic rings. The SMILES string of the molecule is CCC(C)CC(C)CC(C)CC(C)/C=C(C)/C=C(/CC(C)C(=O)OC1C(=O)OC(C(=O)O)C1C(=O)O)C(=O)OC(C)(C)C. The van der Waals surface area contributed by atoms with Crippen LogP contribution < -0.4 is 0 Å². The molecule has 10 nitrogen and oxygen atoms in total. The number of hydrogen-bond donors (Lipinski definition) is 2. The van der Waals surface area contributed by atoms with Gasteiger partial charge in [-0.05, 0) is 83.1 Å². The molecule has 0 radical (unpaired) electrons. The van der Waals surface area contributed by atoms with Gasteiger partial charge in [-0.15, -0.1) is 0 Å². The van der Waals surface area contributed by atoms with Gasteiger partial charge in [-0.1, -0.05) is 59.6 Å². The summed E-state index contributed by atoms with van der Waals surface area (Å²) in [5, 5.41) is 18.7. The van der Waals surface area contributed by atoms with Crippen molar-refractivity contribution in [2.24, 2.45) is 35.5 Å². The maximum Gasteiger partial charge on any atom is 0.349 e. The van der Waals surface area contributed by atoms with Gasteiger partial charge in [-0.3, -0.25) is 9.59 Å². The van der Waals surface area contributed by atoms with Crippen molar-refractivity contribution in [2.75, 3.05) is 0 Å². The number of carboxylic acid groups (broad SMARTS) is 2. The summed E-state index contributed by atoms with van der Waals surface area (Å²) < 4.78 is 15.4. The first-order valence-electron chi connectivity index (χ1n) is 15.2. The zero-order valence-electron chi connectivity index (χ0n) is 27.5. The van der Waals surface area contributed by atoms with Gasteiger partial charge in [0.25, 0.3) is 0 Å². The molecule has 10 heteroatoms. The van der Waals surface area contributed by atoms with Gasteiger partial charge in [0.15, 0.2) is 5.92 Å². The van der Waals surface area contributed by atoms with Crippen LogP contribution in [0.1, 0.15) is 101 Å². The molecule has 1 heterocycles. The minimum Gasteiger partial charge on any atom is -0.481 e. The van der Waals surface area contributed by atoms with Crippen LogP contribution in [0.25, 0.3) is 0 Å². The zero-order valence-corrected chi connectivity index (χ0v) is 27.5. The molecule has 1 saturated heterocycles. The zero-order chi connectivity index (χ0) is 33.2. The van der Waals surface area contributed by atoms with Crippen molar-refractivity contribution < 1.29 is 48.4 Å². The lowest BCUT2D eigenvalue weighted by Gasteiger charge is -2.23. The second-order valence-electron chi connectivity index (χ2n) is 13.5. The number of carboxylic acids is 2. The third-order valence-corrected chi connectivity index (χ3v) is 7.52. The van der Waals surface area contributed by atoms with Gasteiger partial charge in [-0.2, -0.15) is 0 Å². The van der Waals surface area contributed by atoms with Crippen LogP contribution in [0.2, 0.25) is 0 Å². The topological polar surface area (TPSA) is 154 Å². The smallest absolute Gasteiger partial charge is 0.349 e. The first-order chi connectivity index (χ1) is 19.7. The average molecular weight is 609 g/mol. The molecule has 0 amide bonds. The van der Waals surface area contributed by atoms with Crippen LogP contribution in [-0.4, -0.2) is 57.9 Å². The van der Waals surface area contributed by atoms with Crippen LogP contribution in [0.4, 0.5) is 0 Å². The number of carbonyl (C=O) groups is 5. The maximum absolute atomic E-state index is 13.1. The second kappa shape index (κ2) is 16.6. The van der Waals surface area contributed by atoms with Crippen molar-refractivity contribution in [3.63, 3.8) is 0 Å². The lowest BCUT2D eigenvalue weighted by molar-refractivity contribution is -0.166. The Morgan fingerprint density at radius 3 is 2.00 bits per heavy atom. The Morgan fingerprint density at radius 2 is 1.49 bits per heavy atom. The minimum absolute atomic E-state index is 0.112. The quantitative estimate of drug-likeness (QED) is 0.0926. The molecule has 43 heavy (non-hydrogen) atoms. The Morgan fingerprint density at radius 1 is 0.930 bits per heavy atom. The van der Waals surface area contributed by atoms with Gasteiger partial charge in [0.1, 0.15) is 5.60 Å². The average Bonchev–Trinajstić information content (AvgIpc) is 3.18. The fraction of sp³-hybridized carbons (Fsp3) is 0.727. The normalized spacial score (nSPS) is 23.0. The molecule has 0 saturated carbocycles. The number of esters is 3. The van der Waals surface area contributed by atoms with Crippen molar-refractivity contribution in [3.05, 3.63) is 23.3 Å². The molecule has 1 rings (SSSR count). The van der Waals surface area contributed by atoms with Crippen molar-refractivity contribution >= 4 is 29.8 Å². The molecule has 0 spiro atoms. The van der Waals surface area contributed by atoms with Crippen LogP contribution in [0.15, 0.2) is 23.3 Å². The molecular weight excluding hydrogens is 556 g/mol. The number of rotatable bonds is 16. The first-order valence-corrected chi connectivity index (χ1v) is 15.2. The molecule has 0 aromatic heterocycles. The lowest BCUT2D eigenvalue weighted by atomic mass is 9.84. The minimum atomic E-state index is -1.98. The fourth-order valence-electron chi connectivity index (χ4n) is 5.56. The molecule has 1 aliphatic heterocycles. The van der Waals surface area contributed by atoms with E-state index in [1.807, 2.05) is 6.92 Å². The standard InChI is InChI=1S/C33H52O10/c1-11-18(2)12-19(3)13-20(4)14-21(5)15-22(6)16-24(31(39)43-33(8,9)10)17-23(7)30(38)42-27-25(28(34)35)26(29(36)37)41-32(27)40/h15-16,18-21,23,25-27H,11-14,17H2,1-10H3,(H,34,35)(H,36,37)/b22-15+,24-16-. The van der Waals surface area contributed by atoms with Crippen LogP contribution in [0.3, 0.4) is 0 Å². The van der Waals surface area contributed by atoms with Crippen LogP contribution in [0, 0.1) is 35.5 Å². The molecule has 2 N–H and O–H groups in total. The van der Waals surface area contributed by atoms with Gasteiger partial charge in [-0.25, -0.2) is 14.4 Å². The van der Waals surface area contributed by atoms with Gasteiger partial charge < -0.3 is 24.4 Å². The van der Waals surface area contributed by atoms with Crippen molar-refractivity contribution in [1.82, 2.24) is 0 Å². The largest absolute Gasteiger partial charge is 0.481 e. The number of aliphatic carboxylic acids is 2. The van der Waals surface area contributed by atoms with Gasteiger partial charge in [0, 0.05) is 5.57 Å². The van der Waals surface area contributed by atoms with E-state index in [2.05, 4.69) is 45.4 Å². The maximum atomic E-state index is 13.1. The van der Waals surface area contributed by atoms with E-state index < -0.39 is 59.5 Å². The predicted octanol–water partition coefficient (Wildman–Crippen LogP) is 5.97. The molecule has 1 fully saturated rings. The highest BCUT2D eigenvalue weighted by Gasteiger charge is 2.55. The van der Waals surface area contributed by atoms with E-state index in [-0.39, 0.29) is 17.9 Å². The molecule has 0 aromatic rings. The number of ether oxygens (including phenoxy) is 3. The Bertz CT molecular complexity index is 1070. The van der Waals surface area contributed by atoms with E-state index in [1.54, 1.807) is 26.8 Å². The highest BCUT2D eigenvalue weighted by Crippen LogP contribution is 2.29. The Labute approximate surface area is 256 Å². The highest BCUT2D eigenvalue weighted by molar-refractivity contribution is 5.95. The monoisotopic (exact) mass is 608 g/mol. The fourth-order valence-corrected chi connectivity index (χ4v) is 5.56. The summed E-state index contributed by atoms with van der Waals surface area (Å²) in [5.41, 5.74) is 0.242. The molecule has 0 aromatic carbocycles. The van der Waals surface area contributed by atoms with E-state index in [0.29, 0.717) is 17.8 Å². The summed E-state index contributed by atoms with van der Waals surface area (Å²) in [4.78, 5) is 61.2. The number of cyclic esters (lactones) is 1. The third kappa shape index (κ3) is 12.9. The molecule has 8 unspecified atom stereocenters. The Kier molecular flexibility index (Phi) is 14.6. The van der Waals surface area contributed by atoms with Gasteiger partial charge >= 0.3 is 29.8 Å². The van der Waals surface area contributed by atoms with Crippen LogP contribution in [-0.2, 0) is 38.2 Å². The van der Waals surface area contributed by atoms with Gasteiger partial charge in [0.2, 0.25) is 12.2 Å². The third-order valence-electron chi connectivity index (χ3n) is 7.52. The van der Waals surface area contributed by atoms with E-state index in [0.717, 1.165) is 18.4 Å². The summed E-state index contributed by atoms with van der Waals surface area (Å²) in [6.07, 6.45) is 4.28. The predicted molar refractivity (Wildman–Crippen MR) is 161 cm³/mol. The molecule has 0 bridgehead atoms. The Balaban J connectivity index is 3.07. The van der Waals surface area contributed by atoms with E-state index >= 15 is 0 Å². The summed E-state index contributed by atoms with van der Waals surface area (Å²) in [7, 11) is 0. The first kappa shape index (κ1) is 37.9. The molecule has 8 atom stereocenters. The summed E-state index contributed by atoms with van der Waals surface area (Å²) in [6, 6.07) is 0. The molecule has 244 valence electrons. The summed E-state index contributed by atoms with van der Waals surface area (Å²) >= 11 is 0. The van der Waals surface area contributed by atoms with E-state index in [9.17, 15) is 34.2 Å². The van der Waals surface area contributed by atoms with Crippen LogP contribution in [0.5, 0.6) is 0 Å². The molecule has 0 aliphatic carbocycles. The van der Waals surface area contributed by atoms with E-state index in [4.69, 9.17) is 9.47 Å². The van der Waals surface area contributed by atoms with Crippen molar-refractivity contribution in [2.45, 2.75) is 119 Å². The van der Waals surface area contributed by atoms with Crippen molar-refractivity contribution in [3.8, 4) is 0 Å². The second-order valence-corrected chi connectivity index (χ2v) is 13.5. The summed E-state index contributed by atoms with van der Waals surface area (Å²) in [6.45, 7) is 19.7. The van der Waals surface area contributed by atoms with Crippen LogP contribution >= 0.6 is 0 Å². The number of allylic oxidation sites excluding steroid dienone is 3.